The predicted molar refractivity (Wildman–Crippen MR) is 165 cm³/mol. The van der Waals surface area contributed by atoms with E-state index in [2.05, 4.69) is 4.98 Å². The van der Waals surface area contributed by atoms with E-state index >= 15 is 8.78 Å². The molecule has 1 saturated carbocycles. The van der Waals surface area contributed by atoms with Crippen molar-refractivity contribution in [3.8, 4) is 16.9 Å². The molecule has 44 heavy (non-hydrogen) atoms. The Labute approximate surface area is 262 Å². The quantitative estimate of drug-likeness (QED) is 0.290. The van der Waals surface area contributed by atoms with Crippen LogP contribution in [0, 0.1) is 5.92 Å². The van der Waals surface area contributed by atoms with Crippen LogP contribution in [0.2, 0.25) is 5.02 Å². The van der Waals surface area contributed by atoms with Crippen LogP contribution in [0.5, 0.6) is 5.75 Å². The smallest absolute Gasteiger partial charge is 0.314 e. The molecule has 2 heterocycles. The number of nitrogens with two attached hydrogens (primary N) is 1. The lowest BCUT2D eigenvalue weighted by Crippen LogP contribution is -2.58. The Hall–Kier alpha value is -3.12. The zero-order valence-electron chi connectivity index (χ0n) is 24.3. The zero-order chi connectivity index (χ0) is 31.3. The third kappa shape index (κ3) is 7.74. The van der Waals surface area contributed by atoms with E-state index in [0.29, 0.717) is 47.3 Å². The van der Waals surface area contributed by atoms with Crippen LogP contribution >= 0.6 is 11.6 Å². The van der Waals surface area contributed by atoms with Gasteiger partial charge in [0.1, 0.15) is 11.4 Å². The number of carbonyl (C=O) groups excluding carboxylic acids is 1. The van der Waals surface area contributed by atoms with Crippen LogP contribution in [0.15, 0.2) is 71.8 Å². The normalized spacial score (nSPS) is 17.8. The molecule has 1 amide bonds. The minimum atomic E-state index is -4.55. The predicted octanol–water partition coefficient (Wildman–Crippen LogP) is 5.75. The lowest BCUT2D eigenvalue weighted by atomic mass is 9.90. The van der Waals surface area contributed by atoms with Gasteiger partial charge in [-0.25, -0.2) is 8.42 Å². The molecule has 1 saturated heterocycles. The van der Waals surface area contributed by atoms with Crippen molar-refractivity contribution in [1.29, 1.82) is 0 Å². The highest BCUT2D eigenvalue weighted by Crippen LogP contribution is 2.34. The van der Waals surface area contributed by atoms with Crippen molar-refractivity contribution in [2.24, 2.45) is 11.7 Å². The second-order valence-corrected chi connectivity index (χ2v) is 13.7. The average molecular weight is 647 g/mol. The molecule has 2 fully saturated rings. The number of amides is 1. The molecule has 1 unspecified atom stereocenters. The molecule has 8 nitrogen and oxygen atoms in total. The molecular formula is C32H37ClF2N4O4S. The number of piperidine rings is 1. The number of nitrogens with zero attached hydrogens (tertiary/aromatic N) is 2. The number of halogens is 3. The zero-order valence-corrected chi connectivity index (χ0v) is 25.9. The molecule has 3 aromatic rings. The van der Waals surface area contributed by atoms with Crippen molar-refractivity contribution in [3.05, 3.63) is 77.6 Å². The van der Waals surface area contributed by atoms with Crippen LogP contribution in [-0.4, -0.2) is 56.0 Å². The summed E-state index contributed by atoms with van der Waals surface area (Å²) in [5.41, 5.74) is 6.47. The molecule has 0 bridgehead atoms. The first kappa shape index (κ1) is 32.3. The first-order valence-corrected chi connectivity index (χ1v) is 16.8. The molecule has 236 valence electrons. The van der Waals surface area contributed by atoms with E-state index in [0.717, 1.165) is 18.9 Å². The first-order chi connectivity index (χ1) is 21.0. The van der Waals surface area contributed by atoms with Crippen molar-refractivity contribution >= 4 is 27.5 Å². The summed E-state index contributed by atoms with van der Waals surface area (Å²) in [6.45, 7) is 0.824. The van der Waals surface area contributed by atoms with Gasteiger partial charge in [-0.15, -0.1) is 0 Å². The summed E-state index contributed by atoms with van der Waals surface area (Å²) in [5.74, 6) is -4.07. The van der Waals surface area contributed by atoms with Crippen LogP contribution in [0.4, 0.5) is 8.78 Å². The molecule has 1 aliphatic heterocycles. The van der Waals surface area contributed by atoms with Gasteiger partial charge in [0.15, 0.2) is 6.04 Å². The number of rotatable bonds is 10. The Balaban J connectivity index is 1.37. The van der Waals surface area contributed by atoms with E-state index in [1.807, 2.05) is 4.72 Å². The lowest BCUT2D eigenvalue weighted by Gasteiger charge is -2.35. The lowest BCUT2D eigenvalue weighted by molar-refractivity contribution is -0.145. The van der Waals surface area contributed by atoms with Crippen LogP contribution in [0.1, 0.15) is 50.6 Å². The van der Waals surface area contributed by atoms with E-state index < -0.39 is 33.6 Å². The third-order valence-electron chi connectivity index (χ3n) is 8.36. The Kier molecular flexibility index (Phi) is 10.2. The number of alkyl halides is 2. The maximum Gasteiger partial charge on any atom is 0.314 e. The van der Waals surface area contributed by atoms with Crippen molar-refractivity contribution in [2.75, 3.05) is 19.7 Å². The topological polar surface area (TPSA) is 115 Å². The van der Waals surface area contributed by atoms with Crippen molar-refractivity contribution in [2.45, 2.75) is 67.8 Å². The van der Waals surface area contributed by atoms with Gasteiger partial charge in [-0.3, -0.25) is 9.78 Å². The summed E-state index contributed by atoms with van der Waals surface area (Å²) in [6, 6.07) is 12.3. The van der Waals surface area contributed by atoms with E-state index in [1.165, 1.54) is 60.7 Å². The van der Waals surface area contributed by atoms with Crippen LogP contribution in [0.3, 0.4) is 0 Å². The number of aromatic nitrogens is 1. The molecule has 1 aromatic heterocycles. The molecular weight excluding hydrogens is 610 g/mol. The molecule has 0 spiro atoms. The molecule has 3 N–H and O–H groups in total. The van der Waals surface area contributed by atoms with Gasteiger partial charge < -0.3 is 15.4 Å². The van der Waals surface area contributed by atoms with Gasteiger partial charge in [0.05, 0.1) is 11.5 Å². The fourth-order valence-electron chi connectivity index (χ4n) is 5.64. The van der Waals surface area contributed by atoms with Gasteiger partial charge in [0.2, 0.25) is 15.9 Å². The highest BCUT2D eigenvalue weighted by atomic mass is 35.5. The Morgan fingerprint density at radius 3 is 2.23 bits per heavy atom. The van der Waals surface area contributed by atoms with E-state index in [9.17, 15) is 13.2 Å². The number of nitrogens with one attached hydrogen (secondary N) is 1. The summed E-state index contributed by atoms with van der Waals surface area (Å²) >= 11 is 5.95. The Morgan fingerprint density at radius 1 is 0.977 bits per heavy atom. The van der Waals surface area contributed by atoms with Gasteiger partial charge in [-0.2, -0.15) is 13.5 Å². The minimum Gasteiger partial charge on any atom is -0.493 e. The van der Waals surface area contributed by atoms with Crippen molar-refractivity contribution in [1.82, 2.24) is 14.6 Å². The summed E-state index contributed by atoms with van der Waals surface area (Å²) in [6.07, 6.45) is 7.88. The minimum absolute atomic E-state index is 0.143. The number of likely N-dealkylation sites (tertiary alicyclic amines) is 1. The summed E-state index contributed by atoms with van der Waals surface area (Å²) in [4.78, 5) is 18.5. The maximum atomic E-state index is 16.2. The number of pyridine rings is 1. The highest BCUT2D eigenvalue weighted by molar-refractivity contribution is 7.89. The molecule has 1 aliphatic carbocycles. The third-order valence-corrected chi connectivity index (χ3v) is 10.1. The van der Waals surface area contributed by atoms with Crippen LogP contribution in [-0.2, 0) is 20.7 Å². The molecule has 2 aliphatic rings. The Bertz CT molecular complexity index is 1510. The number of sulfonamides is 1. The number of carbonyl (C=O) groups is 1. The second-order valence-electron chi connectivity index (χ2n) is 11.6. The number of hydrogen-bond acceptors (Lipinski definition) is 6. The SMILES string of the molecule is NC1CCN(C(=O)C(NS(=O)(=O)c2ccc(OCC3CCCCC3)cc2)C(F)(F)c2ccc(-c3ccc(Cl)cc3)cn2)CC1. The largest absolute Gasteiger partial charge is 0.493 e. The number of hydrogen-bond donors (Lipinski definition) is 2. The van der Waals surface area contributed by atoms with Crippen LogP contribution in [0.25, 0.3) is 11.1 Å². The van der Waals surface area contributed by atoms with E-state index in [-0.39, 0.29) is 24.0 Å². The van der Waals surface area contributed by atoms with Gasteiger partial charge in [0.25, 0.3) is 0 Å². The Morgan fingerprint density at radius 2 is 1.61 bits per heavy atom. The fraction of sp³-hybridized carbons (Fsp3) is 0.438. The van der Waals surface area contributed by atoms with Gasteiger partial charge >= 0.3 is 5.92 Å². The standard InChI is InChI=1S/C32H37ClF2N4O4S/c33-25-9-6-23(7-10-25)24-8-15-29(37-20-24)32(34,35)30(31(40)39-18-16-26(36)17-19-39)38-44(41,42)28-13-11-27(12-14-28)43-21-22-4-2-1-3-5-22/h6-15,20,22,26,30,38H,1-5,16-19,21,36H2. The fourth-order valence-corrected chi connectivity index (χ4v) is 6.96. The first-order valence-electron chi connectivity index (χ1n) is 14.9. The second kappa shape index (κ2) is 13.9. The number of ether oxygens (including phenoxy) is 1. The molecule has 0 radical (unpaired) electrons. The van der Waals surface area contributed by atoms with Crippen molar-refractivity contribution in [3.63, 3.8) is 0 Å². The highest BCUT2D eigenvalue weighted by Gasteiger charge is 2.51. The van der Waals surface area contributed by atoms with Crippen LogP contribution < -0.4 is 15.2 Å². The summed E-state index contributed by atoms with van der Waals surface area (Å²) in [5, 5.41) is 0.527. The summed E-state index contributed by atoms with van der Waals surface area (Å²) < 4.78 is 67.1. The summed E-state index contributed by atoms with van der Waals surface area (Å²) in [7, 11) is -4.55. The van der Waals surface area contributed by atoms with Gasteiger partial charge in [0, 0.05) is 35.9 Å². The van der Waals surface area contributed by atoms with E-state index in [1.54, 1.807) is 24.3 Å². The van der Waals surface area contributed by atoms with E-state index in [4.69, 9.17) is 22.1 Å². The maximum absolute atomic E-state index is 16.2. The average Bonchev–Trinajstić information content (AvgIpc) is 3.04. The van der Waals surface area contributed by atoms with Gasteiger partial charge in [-0.05, 0) is 79.6 Å². The molecule has 1 atom stereocenters. The monoisotopic (exact) mass is 646 g/mol. The van der Waals surface area contributed by atoms with Gasteiger partial charge in [-0.1, -0.05) is 49.1 Å². The molecule has 5 rings (SSSR count). The molecule has 12 heteroatoms. The molecule has 2 aromatic carbocycles. The van der Waals surface area contributed by atoms with Crippen molar-refractivity contribution < 1.29 is 26.7 Å². The number of benzene rings is 2.